The molecule has 59 valence electrons. The van der Waals surface area contributed by atoms with Crippen LogP contribution in [-0.4, -0.2) is 0 Å². The number of hydrogen-bond acceptors (Lipinski definition) is 1. The van der Waals surface area contributed by atoms with Crippen molar-refractivity contribution in [3.63, 3.8) is 0 Å². The molecule has 1 nitrogen and oxygen atoms in total. The highest BCUT2D eigenvalue weighted by atomic mass is 19.1. The van der Waals surface area contributed by atoms with Crippen LogP contribution in [0, 0.1) is 11.9 Å². The van der Waals surface area contributed by atoms with E-state index in [1.54, 1.807) is 24.7 Å². The standard InChI is InChI=1S/C10H6FO/c11-10-3-1-2-8(6-10)9-4-5-12-7-9/h1,3-7H. The predicted molar refractivity (Wildman–Crippen MR) is 42.9 cm³/mol. The summed E-state index contributed by atoms with van der Waals surface area (Å²) >= 11 is 0. The summed E-state index contributed by atoms with van der Waals surface area (Å²) in [5.41, 5.74) is 1.55. The summed E-state index contributed by atoms with van der Waals surface area (Å²) in [6, 6.07) is 9.02. The van der Waals surface area contributed by atoms with Gasteiger partial charge in [0.2, 0.25) is 0 Å². The van der Waals surface area contributed by atoms with Gasteiger partial charge in [-0.1, -0.05) is 6.07 Å². The Morgan fingerprint density at radius 3 is 2.92 bits per heavy atom. The van der Waals surface area contributed by atoms with Crippen LogP contribution in [0.4, 0.5) is 4.39 Å². The topological polar surface area (TPSA) is 13.1 Å². The van der Waals surface area contributed by atoms with Crippen LogP contribution in [0.15, 0.2) is 41.2 Å². The number of hydrogen-bond donors (Lipinski definition) is 0. The van der Waals surface area contributed by atoms with Crippen LogP contribution in [0.25, 0.3) is 11.1 Å². The molecule has 2 rings (SSSR count). The molecule has 2 heteroatoms. The molecule has 0 spiro atoms. The fraction of sp³-hybridized carbons (Fsp3) is 0. The maximum absolute atomic E-state index is 12.7. The molecule has 0 fully saturated rings. The fourth-order valence-corrected chi connectivity index (χ4v) is 1.02. The Balaban J connectivity index is 2.48. The van der Waals surface area contributed by atoms with Crippen molar-refractivity contribution in [2.24, 2.45) is 0 Å². The second-order valence-corrected chi connectivity index (χ2v) is 2.43. The summed E-state index contributed by atoms with van der Waals surface area (Å²) < 4.78 is 17.6. The van der Waals surface area contributed by atoms with Gasteiger partial charge in [0.05, 0.1) is 12.5 Å². The van der Waals surface area contributed by atoms with Crippen molar-refractivity contribution in [1.82, 2.24) is 0 Å². The zero-order chi connectivity index (χ0) is 8.39. The van der Waals surface area contributed by atoms with Gasteiger partial charge in [0.25, 0.3) is 0 Å². The Hall–Kier alpha value is -1.57. The van der Waals surface area contributed by atoms with Gasteiger partial charge in [0.1, 0.15) is 5.82 Å². The van der Waals surface area contributed by atoms with E-state index in [-0.39, 0.29) is 5.82 Å². The highest BCUT2D eigenvalue weighted by molar-refractivity contribution is 5.60. The van der Waals surface area contributed by atoms with E-state index in [4.69, 9.17) is 4.42 Å². The van der Waals surface area contributed by atoms with Crippen LogP contribution >= 0.6 is 0 Å². The number of rotatable bonds is 1. The molecule has 0 saturated carbocycles. The summed E-state index contributed by atoms with van der Waals surface area (Å²) in [5.74, 6) is -0.259. The zero-order valence-electron chi connectivity index (χ0n) is 6.25. The molecule has 1 aromatic carbocycles. The van der Waals surface area contributed by atoms with Gasteiger partial charge >= 0.3 is 0 Å². The summed E-state index contributed by atoms with van der Waals surface area (Å²) in [5, 5.41) is 0. The first-order valence-electron chi connectivity index (χ1n) is 3.56. The molecule has 2 aromatic rings. The molecule has 12 heavy (non-hydrogen) atoms. The Morgan fingerprint density at radius 2 is 2.25 bits per heavy atom. The van der Waals surface area contributed by atoms with E-state index in [0.29, 0.717) is 5.56 Å². The minimum Gasteiger partial charge on any atom is -0.472 e. The maximum atomic E-state index is 12.7. The third-order valence-corrected chi connectivity index (χ3v) is 1.60. The lowest BCUT2D eigenvalue weighted by Crippen LogP contribution is -1.76. The highest BCUT2D eigenvalue weighted by Gasteiger charge is 1.99. The van der Waals surface area contributed by atoms with Gasteiger partial charge in [-0.05, 0) is 29.8 Å². The second-order valence-electron chi connectivity index (χ2n) is 2.43. The SMILES string of the molecule is Fc1cc[c]c(-c2ccoc2)c1. The molecule has 1 radical (unpaired) electrons. The van der Waals surface area contributed by atoms with E-state index in [1.807, 2.05) is 0 Å². The van der Waals surface area contributed by atoms with E-state index in [9.17, 15) is 4.39 Å². The summed E-state index contributed by atoms with van der Waals surface area (Å²) in [4.78, 5) is 0. The van der Waals surface area contributed by atoms with E-state index in [0.717, 1.165) is 5.56 Å². The summed E-state index contributed by atoms with van der Waals surface area (Å²) in [6.07, 6.45) is 3.11. The molecule has 0 saturated heterocycles. The van der Waals surface area contributed by atoms with Crippen LogP contribution in [0.2, 0.25) is 0 Å². The van der Waals surface area contributed by atoms with Crippen molar-refractivity contribution in [3.8, 4) is 11.1 Å². The lowest BCUT2D eigenvalue weighted by atomic mass is 10.1. The van der Waals surface area contributed by atoms with Gasteiger partial charge < -0.3 is 4.42 Å². The van der Waals surface area contributed by atoms with E-state index in [2.05, 4.69) is 6.07 Å². The maximum Gasteiger partial charge on any atom is 0.123 e. The third-order valence-electron chi connectivity index (χ3n) is 1.60. The third kappa shape index (κ3) is 1.23. The number of benzene rings is 1. The molecule has 0 bridgehead atoms. The Kier molecular flexibility index (Phi) is 1.67. The van der Waals surface area contributed by atoms with Gasteiger partial charge in [-0.25, -0.2) is 4.39 Å². The number of furan rings is 1. The fourth-order valence-electron chi connectivity index (χ4n) is 1.02. The van der Waals surface area contributed by atoms with Crippen LogP contribution in [0.1, 0.15) is 0 Å². The van der Waals surface area contributed by atoms with Crippen molar-refractivity contribution in [1.29, 1.82) is 0 Å². The predicted octanol–water partition coefficient (Wildman–Crippen LogP) is 2.89. The zero-order valence-corrected chi connectivity index (χ0v) is 6.25. The molecule has 0 amide bonds. The first kappa shape index (κ1) is 7.10. The van der Waals surface area contributed by atoms with Gasteiger partial charge in [-0.15, -0.1) is 0 Å². The number of halogens is 1. The van der Waals surface area contributed by atoms with Crippen LogP contribution in [-0.2, 0) is 0 Å². The second kappa shape index (κ2) is 2.81. The first-order chi connectivity index (χ1) is 5.86. The molecule has 0 aliphatic carbocycles. The molecular formula is C10H6FO. The molecule has 0 aliphatic heterocycles. The van der Waals surface area contributed by atoms with Gasteiger partial charge in [0.15, 0.2) is 0 Å². The summed E-state index contributed by atoms with van der Waals surface area (Å²) in [7, 11) is 0. The van der Waals surface area contributed by atoms with Crippen molar-refractivity contribution in [2.45, 2.75) is 0 Å². The molecule has 0 atom stereocenters. The minimum atomic E-state index is -0.259. The lowest BCUT2D eigenvalue weighted by Gasteiger charge is -1.94. The van der Waals surface area contributed by atoms with Crippen LogP contribution < -0.4 is 0 Å². The van der Waals surface area contributed by atoms with Crippen molar-refractivity contribution in [3.05, 3.63) is 48.7 Å². The van der Waals surface area contributed by atoms with Gasteiger partial charge in [-0.3, -0.25) is 0 Å². The largest absolute Gasteiger partial charge is 0.472 e. The Labute approximate surface area is 69.4 Å². The van der Waals surface area contributed by atoms with Crippen LogP contribution in [0.5, 0.6) is 0 Å². The molecule has 0 unspecified atom stereocenters. The molecule has 1 aromatic heterocycles. The monoisotopic (exact) mass is 161 g/mol. The van der Waals surface area contributed by atoms with E-state index >= 15 is 0 Å². The molecule has 1 heterocycles. The van der Waals surface area contributed by atoms with E-state index < -0.39 is 0 Å². The van der Waals surface area contributed by atoms with Gasteiger partial charge in [-0.2, -0.15) is 0 Å². The Morgan fingerprint density at radius 1 is 1.33 bits per heavy atom. The molecular weight excluding hydrogens is 155 g/mol. The van der Waals surface area contributed by atoms with Crippen molar-refractivity contribution < 1.29 is 8.81 Å². The highest BCUT2D eigenvalue weighted by Crippen LogP contribution is 2.19. The lowest BCUT2D eigenvalue weighted by molar-refractivity contribution is 0.568. The quantitative estimate of drug-likeness (QED) is 0.626. The van der Waals surface area contributed by atoms with E-state index in [1.165, 1.54) is 12.1 Å². The van der Waals surface area contributed by atoms with Gasteiger partial charge in [0, 0.05) is 5.56 Å². The smallest absolute Gasteiger partial charge is 0.123 e. The summed E-state index contributed by atoms with van der Waals surface area (Å²) in [6.45, 7) is 0. The van der Waals surface area contributed by atoms with Crippen molar-refractivity contribution >= 4 is 0 Å². The molecule has 0 N–H and O–H groups in total. The normalized spacial score (nSPS) is 10.1. The minimum absolute atomic E-state index is 0.259. The Bertz CT molecular complexity index is 365. The average Bonchev–Trinajstić information content (AvgIpc) is 2.56. The van der Waals surface area contributed by atoms with Crippen molar-refractivity contribution in [2.75, 3.05) is 0 Å². The average molecular weight is 161 g/mol. The van der Waals surface area contributed by atoms with Crippen LogP contribution in [0.3, 0.4) is 0 Å². The first-order valence-corrected chi connectivity index (χ1v) is 3.56. The molecule has 0 aliphatic rings.